The second kappa shape index (κ2) is 7.35. The van der Waals surface area contributed by atoms with Crippen molar-refractivity contribution in [3.8, 4) is 0 Å². The van der Waals surface area contributed by atoms with Gasteiger partial charge in [0, 0.05) is 17.5 Å². The summed E-state index contributed by atoms with van der Waals surface area (Å²) in [4.78, 5) is 12.0. The van der Waals surface area contributed by atoms with E-state index in [0.717, 1.165) is 19.3 Å². The van der Waals surface area contributed by atoms with E-state index in [2.05, 4.69) is 5.32 Å². The van der Waals surface area contributed by atoms with Crippen molar-refractivity contribution < 1.29 is 17.9 Å². The molecule has 0 saturated carbocycles. The molecule has 3 atom stereocenters. The molecule has 2 heterocycles. The van der Waals surface area contributed by atoms with Crippen LogP contribution in [0.5, 0.6) is 0 Å². The smallest absolute Gasteiger partial charge is 0.328 e. The molecule has 3 rings (SSSR count). The number of fused-ring (bicyclic) bond motifs is 2. The van der Waals surface area contributed by atoms with Gasteiger partial charge < -0.3 is 10.1 Å². The van der Waals surface area contributed by atoms with Crippen LogP contribution in [0.4, 0.5) is 4.79 Å². The quantitative estimate of drug-likeness (QED) is 0.817. The molecule has 2 bridgehead atoms. The molecular weight excluding hydrogens is 364 g/mol. The largest absolute Gasteiger partial charge is 0.375 e. The van der Waals surface area contributed by atoms with Crippen molar-refractivity contribution in [1.82, 2.24) is 10.0 Å². The molecule has 2 amide bonds. The normalized spacial score (nSPS) is 25.8. The predicted molar refractivity (Wildman–Crippen MR) is 96.6 cm³/mol. The summed E-state index contributed by atoms with van der Waals surface area (Å²) in [6.07, 6.45) is 4.99. The highest BCUT2D eigenvalue weighted by Crippen LogP contribution is 2.38. The summed E-state index contributed by atoms with van der Waals surface area (Å²) >= 11 is 5.81. The lowest BCUT2D eigenvalue weighted by Gasteiger charge is -2.19. The number of benzene rings is 1. The highest BCUT2D eigenvalue weighted by Gasteiger charge is 2.40. The lowest BCUT2D eigenvalue weighted by Crippen LogP contribution is -2.42. The van der Waals surface area contributed by atoms with E-state index in [1.54, 1.807) is 24.3 Å². The van der Waals surface area contributed by atoms with E-state index in [0.29, 0.717) is 23.2 Å². The van der Waals surface area contributed by atoms with Crippen LogP contribution in [0, 0.1) is 5.92 Å². The van der Waals surface area contributed by atoms with Gasteiger partial charge in [0.15, 0.2) is 0 Å². The highest BCUT2D eigenvalue weighted by molar-refractivity contribution is 7.94. The Balaban J connectivity index is 1.54. The Morgan fingerprint density at radius 1 is 1.32 bits per heavy atom. The van der Waals surface area contributed by atoms with E-state index in [9.17, 15) is 13.2 Å². The summed E-state index contributed by atoms with van der Waals surface area (Å²) in [5.74, 6) is 0.262. The van der Waals surface area contributed by atoms with Crippen molar-refractivity contribution in [3.05, 3.63) is 39.8 Å². The number of halogens is 1. The fraction of sp³-hybridized carbons (Fsp3) is 0.471. The van der Waals surface area contributed by atoms with Gasteiger partial charge in [-0.15, -0.1) is 0 Å². The Morgan fingerprint density at radius 3 is 2.64 bits per heavy atom. The standard InChI is InChI=1S/C17H21ClN2O4S/c1-11(8-12-2-4-14(18)5-3-12)25(22,23)20-17(21)19-10-13-9-15-6-7-16(13)24-15/h2-5,8,13,15-16H,6-7,9-10H2,1H3,(H2,19,20,21)/b11-8+. The van der Waals surface area contributed by atoms with Crippen LogP contribution in [-0.4, -0.2) is 33.2 Å². The van der Waals surface area contributed by atoms with Gasteiger partial charge in [-0.25, -0.2) is 17.9 Å². The first-order valence-corrected chi connectivity index (χ1v) is 10.1. The van der Waals surface area contributed by atoms with Gasteiger partial charge in [-0.3, -0.25) is 0 Å². The Labute approximate surface area is 152 Å². The number of carbonyl (C=O) groups is 1. The first-order chi connectivity index (χ1) is 11.8. The molecule has 1 aromatic carbocycles. The third-order valence-electron chi connectivity index (χ3n) is 4.65. The lowest BCUT2D eigenvalue weighted by atomic mass is 9.89. The molecule has 2 N–H and O–H groups in total. The third-order valence-corrected chi connectivity index (χ3v) is 6.32. The second-order valence-electron chi connectivity index (χ2n) is 6.49. The molecule has 3 unspecified atom stereocenters. The van der Waals surface area contributed by atoms with Crippen molar-refractivity contribution in [2.45, 2.75) is 38.4 Å². The summed E-state index contributed by atoms with van der Waals surface area (Å²) in [6.45, 7) is 1.86. The minimum absolute atomic E-state index is 0.0493. The van der Waals surface area contributed by atoms with Gasteiger partial charge in [0.25, 0.3) is 10.0 Å². The number of carbonyl (C=O) groups excluding carboxylic acids is 1. The van der Waals surface area contributed by atoms with Crippen LogP contribution in [-0.2, 0) is 14.8 Å². The van der Waals surface area contributed by atoms with Gasteiger partial charge in [-0.2, -0.15) is 0 Å². The SMILES string of the molecule is C/C(=C\c1ccc(Cl)cc1)S(=O)(=O)NC(=O)NCC1CC2CCC1O2. The minimum atomic E-state index is -3.89. The summed E-state index contributed by atoms with van der Waals surface area (Å²) < 4.78 is 32.3. The molecule has 2 fully saturated rings. The van der Waals surface area contributed by atoms with E-state index in [4.69, 9.17) is 16.3 Å². The van der Waals surface area contributed by atoms with Crippen LogP contribution in [0.3, 0.4) is 0 Å². The number of allylic oxidation sites excluding steroid dienone is 1. The van der Waals surface area contributed by atoms with Crippen LogP contribution in [0.2, 0.25) is 5.02 Å². The van der Waals surface area contributed by atoms with Gasteiger partial charge in [0.05, 0.1) is 17.1 Å². The van der Waals surface area contributed by atoms with Crippen molar-refractivity contribution >= 4 is 33.7 Å². The van der Waals surface area contributed by atoms with Crippen LogP contribution in [0.15, 0.2) is 29.2 Å². The molecule has 0 aromatic heterocycles. The van der Waals surface area contributed by atoms with Crippen molar-refractivity contribution in [1.29, 1.82) is 0 Å². The molecule has 0 spiro atoms. The second-order valence-corrected chi connectivity index (χ2v) is 8.78. The highest BCUT2D eigenvalue weighted by atomic mass is 35.5. The monoisotopic (exact) mass is 384 g/mol. The zero-order chi connectivity index (χ0) is 18.0. The summed E-state index contributed by atoms with van der Waals surface area (Å²) in [7, 11) is -3.89. The first-order valence-electron chi connectivity index (χ1n) is 8.23. The van der Waals surface area contributed by atoms with Crippen LogP contribution in [0.1, 0.15) is 31.7 Å². The molecule has 6 nitrogen and oxygen atoms in total. The maximum Gasteiger partial charge on any atom is 0.328 e. The molecule has 2 saturated heterocycles. The first kappa shape index (κ1) is 18.2. The summed E-state index contributed by atoms with van der Waals surface area (Å²) in [6, 6.07) is 6.04. The fourth-order valence-corrected chi connectivity index (χ4v) is 4.19. The average molecular weight is 385 g/mol. The number of amides is 2. The minimum Gasteiger partial charge on any atom is -0.375 e. The molecule has 1 aromatic rings. The van der Waals surface area contributed by atoms with Crippen LogP contribution >= 0.6 is 11.6 Å². The maximum absolute atomic E-state index is 12.2. The molecule has 0 aliphatic carbocycles. The summed E-state index contributed by atoms with van der Waals surface area (Å²) in [5, 5.41) is 3.21. The average Bonchev–Trinajstić information content (AvgIpc) is 3.17. The van der Waals surface area contributed by atoms with E-state index >= 15 is 0 Å². The van der Waals surface area contributed by atoms with Crippen LogP contribution in [0.25, 0.3) is 6.08 Å². The molecule has 25 heavy (non-hydrogen) atoms. The lowest BCUT2D eigenvalue weighted by molar-refractivity contribution is 0.0928. The number of hydrogen-bond acceptors (Lipinski definition) is 4. The van der Waals surface area contributed by atoms with Gasteiger partial charge in [0.2, 0.25) is 0 Å². The zero-order valence-electron chi connectivity index (χ0n) is 13.9. The number of rotatable bonds is 5. The van der Waals surface area contributed by atoms with Crippen molar-refractivity contribution in [3.63, 3.8) is 0 Å². The van der Waals surface area contributed by atoms with Gasteiger partial charge in [-0.05, 0) is 50.0 Å². The Kier molecular flexibility index (Phi) is 5.36. The molecule has 0 radical (unpaired) electrons. The Morgan fingerprint density at radius 2 is 2.04 bits per heavy atom. The van der Waals surface area contributed by atoms with E-state index in [1.807, 2.05) is 4.72 Å². The fourth-order valence-electron chi connectivity index (χ4n) is 3.29. The van der Waals surface area contributed by atoms with Crippen molar-refractivity contribution in [2.24, 2.45) is 5.92 Å². The number of hydrogen-bond donors (Lipinski definition) is 2. The van der Waals surface area contributed by atoms with E-state index < -0.39 is 16.1 Å². The van der Waals surface area contributed by atoms with Crippen LogP contribution < -0.4 is 10.0 Å². The summed E-state index contributed by atoms with van der Waals surface area (Å²) in [5.41, 5.74) is 0.687. The van der Waals surface area contributed by atoms with Crippen molar-refractivity contribution in [2.75, 3.05) is 6.54 Å². The zero-order valence-corrected chi connectivity index (χ0v) is 15.4. The number of urea groups is 1. The maximum atomic E-state index is 12.2. The van der Waals surface area contributed by atoms with E-state index in [-0.39, 0.29) is 16.9 Å². The third kappa shape index (κ3) is 4.54. The predicted octanol–water partition coefficient (Wildman–Crippen LogP) is 2.90. The Hall–Kier alpha value is -1.57. The number of nitrogens with one attached hydrogen (secondary N) is 2. The van der Waals surface area contributed by atoms with Gasteiger partial charge in [-0.1, -0.05) is 23.7 Å². The topological polar surface area (TPSA) is 84.5 Å². The molecule has 8 heteroatoms. The van der Waals surface area contributed by atoms with E-state index in [1.165, 1.54) is 13.0 Å². The Bertz CT molecular complexity index is 776. The molecule has 2 aliphatic rings. The molecule has 2 aliphatic heterocycles. The number of sulfonamides is 1. The van der Waals surface area contributed by atoms with Gasteiger partial charge in [0.1, 0.15) is 0 Å². The number of ether oxygens (including phenoxy) is 1. The molecular formula is C17H21ClN2O4S. The van der Waals surface area contributed by atoms with Gasteiger partial charge >= 0.3 is 6.03 Å². The molecule has 136 valence electrons.